The van der Waals surface area contributed by atoms with Crippen molar-refractivity contribution in [2.24, 2.45) is 0 Å². The topological polar surface area (TPSA) is 75.9 Å². The van der Waals surface area contributed by atoms with Gasteiger partial charge in [-0.15, -0.1) is 5.10 Å². The summed E-state index contributed by atoms with van der Waals surface area (Å²) in [4.78, 5) is 4.05. The molecule has 7 heteroatoms. The number of anilines is 1. The Morgan fingerprint density at radius 3 is 3.06 bits per heavy atom. The molecule has 0 atom stereocenters. The predicted octanol–water partition coefficient (Wildman–Crippen LogP) is 1.24. The molecule has 0 aliphatic heterocycles. The normalized spacial score (nSPS) is 10.6. The Hall–Kier alpha value is -1.66. The van der Waals surface area contributed by atoms with Gasteiger partial charge < -0.3 is 10.4 Å². The molecule has 0 aliphatic carbocycles. The molecule has 2 rings (SSSR count). The second-order valence-corrected chi connectivity index (χ2v) is 4.24. The molecule has 0 aromatic carbocycles. The lowest BCUT2D eigenvalue weighted by Gasteiger charge is -2.05. The predicted molar refractivity (Wildman–Crippen MR) is 68.4 cm³/mol. The van der Waals surface area contributed by atoms with Crippen molar-refractivity contribution >= 4 is 17.3 Å². The van der Waals surface area contributed by atoms with E-state index < -0.39 is 0 Å². The number of aliphatic hydroxyl groups is 1. The number of aromatic nitrogens is 4. The fraction of sp³-hybridized carbons (Fsp3) is 0.364. The molecule has 6 nitrogen and oxygen atoms in total. The summed E-state index contributed by atoms with van der Waals surface area (Å²) >= 11 is 5.85. The molecular weight excluding hydrogens is 254 g/mol. The Kier molecular flexibility index (Phi) is 4.11. The summed E-state index contributed by atoms with van der Waals surface area (Å²) in [6.45, 7) is 2.96. The van der Waals surface area contributed by atoms with Crippen molar-refractivity contribution in [3.63, 3.8) is 0 Å². The Bertz CT molecular complexity index is 528. The number of hydrogen-bond acceptors (Lipinski definition) is 5. The smallest absolute Gasteiger partial charge is 0.132 e. The summed E-state index contributed by atoms with van der Waals surface area (Å²) in [5.74, 6) is 0. The van der Waals surface area contributed by atoms with Crippen LogP contribution < -0.4 is 5.32 Å². The van der Waals surface area contributed by atoms with Crippen molar-refractivity contribution in [3.8, 4) is 0 Å². The van der Waals surface area contributed by atoms with E-state index >= 15 is 0 Å². The highest BCUT2D eigenvalue weighted by molar-refractivity contribution is 6.30. The van der Waals surface area contributed by atoms with E-state index in [1.165, 1.54) is 0 Å². The molecule has 0 saturated heterocycles. The van der Waals surface area contributed by atoms with E-state index in [9.17, 15) is 0 Å². The average molecular weight is 268 g/mol. The van der Waals surface area contributed by atoms with Gasteiger partial charge in [0.2, 0.25) is 0 Å². The number of nitrogens with zero attached hydrogens (tertiary/aromatic N) is 4. The first-order chi connectivity index (χ1) is 8.69. The number of nitrogens with one attached hydrogen (secondary N) is 1. The van der Waals surface area contributed by atoms with Crippen LogP contribution in [0.5, 0.6) is 0 Å². The van der Waals surface area contributed by atoms with Crippen LogP contribution in [-0.2, 0) is 13.1 Å². The maximum Gasteiger partial charge on any atom is 0.132 e. The van der Waals surface area contributed by atoms with Crippen LogP contribution in [0.15, 0.2) is 18.5 Å². The van der Waals surface area contributed by atoms with Gasteiger partial charge in [-0.3, -0.25) is 0 Å². The number of aliphatic hydroxyl groups excluding tert-OH is 1. The SMILES string of the molecule is Cc1cc(NCc2cn(CCO)nn2)cnc1Cl. The first kappa shape index (κ1) is 12.8. The molecule has 0 saturated carbocycles. The van der Waals surface area contributed by atoms with Gasteiger partial charge in [0, 0.05) is 0 Å². The number of hydrogen-bond donors (Lipinski definition) is 2. The number of halogens is 1. The van der Waals surface area contributed by atoms with E-state index in [2.05, 4.69) is 20.6 Å². The van der Waals surface area contributed by atoms with Crippen LogP contribution in [0.25, 0.3) is 0 Å². The molecule has 0 aliphatic rings. The maximum absolute atomic E-state index is 8.77. The zero-order chi connectivity index (χ0) is 13.0. The van der Waals surface area contributed by atoms with Crippen molar-refractivity contribution < 1.29 is 5.11 Å². The van der Waals surface area contributed by atoms with Gasteiger partial charge >= 0.3 is 0 Å². The van der Waals surface area contributed by atoms with Crippen LogP contribution in [0, 0.1) is 6.92 Å². The maximum atomic E-state index is 8.77. The van der Waals surface area contributed by atoms with Gasteiger partial charge in [-0.05, 0) is 18.6 Å². The Morgan fingerprint density at radius 1 is 1.50 bits per heavy atom. The molecule has 2 aromatic heterocycles. The molecule has 2 heterocycles. The number of pyridine rings is 1. The third-order valence-corrected chi connectivity index (χ3v) is 2.80. The molecule has 18 heavy (non-hydrogen) atoms. The highest BCUT2D eigenvalue weighted by atomic mass is 35.5. The van der Waals surface area contributed by atoms with Crippen LogP contribution in [0.2, 0.25) is 5.15 Å². The molecule has 0 bridgehead atoms. The minimum atomic E-state index is 0.0521. The third-order valence-electron chi connectivity index (χ3n) is 2.40. The second kappa shape index (κ2) is 5.79. The van der Waals surface area contributed by atoms with E-state index in [1.807, 2.05) is 13.0 Å². The lowest BCUT2D eigenvalue weighted by molar-refractivity contribution is 0.268. The summed E-state index contributed by atoms with van der Waals surface area (Å²) in [5.41, 5.74) is 2.61. The van der Waals surface area contributed by atoms with Crippen LogP contribution >= 0.6 is 11.6 Å². The molecule has 96 valence electrons. The van der Waals surface area contributed by atoms with Gasteiger partial charge in [0.15, 0.2) is 0 Å². The fourth-order valence-electron chi connectivity index (χ4n) is 1.48. The minimum absolute atomic E-state index is 0.0521. The van der Waals surface area contributed by atoms with E-state index in [-0.39, 0.29) is 6.61 Å². The molecule has 2 N–H and O–H groups in total. The van der Waals surface area contributed by atoms with Crippen molar-refractivity contribution in [1.82, 2.24) is 20.0 Å². The molecule has 0 fully saturated rings. The number of rotatable bonds is 5. The summed E-state index contributed by atoms with van der Waals surface area (Å²) in [5, 5.41) is 20.3. The first-order valence-corrected chi connectivity index (χ1v) is 5.92. The van der Waals surface area contributed by atoms with E-state index in [0.717, 1.165) is 16.9 Å². The lowest BCUT2D eigenvalue weighted by Crippen LogP contribution is -2.02. The molecule has 0 amide bonds. The zero-order valence-corrected chi connectivity index (χ0v) is 10.7. The molecular formula is C11H14ClN5O. The number of aryl methyl sites for hydroxylation is 1. The van der Waals surface area contributed by atoms with Crippen molar-refractivity contribution in [2.45, 2.75) is 20.0 Å². The molecule has 0 unspecified atom stereocenters. The fourth-order valence-corrected chi connectivity index (χ4v) is 1.58. The second-order valence-electron chi connectivity index (χ2n) is 3.88. The van der Waals surface area contributed by atoms with Crippen molar-refractivity contribution in [1.29, 1.82) is 0 Å². The van der Waals surface area contributed by atoms with Gasteiger partial charge in [0.1, 0.15) is 10.8 Å². The Morgan fingerprint density at radius 2 is 2.33 bits per heavy atom. The Labute approximate surface area is 110 Å². The Balaban J connectivity index is 1.95. The highest BCUT2D eigenvalue weighted by Crippen LogP contribution is 2.16. The van der Waals surface area contributed by atoms with E-state index in [1.54, 1.807) is 17.1 Å². The van der Waals surface area contributed by atoms with Gasteiger partial charge in [-0.2, -0.15) is 0 Å². The minimum Gasteiger partial charge on any atom is -0.394 e. The summed E-state index contributed by atoms with van der Waals surface area (Å²) < 4.78 is 1.60. The zero-order valence-electron chi connectivity index (χ0n) is 9.97. The molecule has 0 radical (unpaired) electrons. The van der Waals surface area contributed by atoms with Gasteiger partial charge in [0.25, 0.3) is 0 Å². The van der Waals surface area contributed by atoms with Crippen LogP contribution in [0.4, 0.5) is 5.69 Å². The lowest BCUT2D eigenvalue weighted by atomic mass is 10.3. The van der Waals surface area contributed by atoms with Gasteiger partial charge in [0.05, 0.1) is 37.8 Å². The molecule has 0 spiro atoms. The van der Waals surface area contributed by atoms with Crippen molar-refractivity contribution in [2.75, 3.05) is 11.9 Å². The van der Waals surface area contributed by atoms with E-state index in [4.69, 9.17) is 16.7 Å². The quantitative estimate of drug-likeness (QED) is 0.797. The first-order valence-electron chi connectivity index (χ1n) is 5.55. The monoisotopic (exact) mass is 267 g/mol. The van der Waals surface area contributed by atoms with Gasteiger partial charge in [-0.25, -0.2) is 9.67 Å². The van der Waals surface area contributed by atoms with Crippen LogP contribution in [0.3, 0.4) is 0 Å². The summed E-state index contributed by atoms with van der Waals surface area (Å²) in [6, 6.07) is 1.92. The highest BCUT2D eigenvalue weighted by Gasteiger charge is 2.02. The third kappa shape index (κ3) is 3.18. The summed E-state index contributed by atoms with van der Waals surface area (Å²) in [6.07, 6.45) is 3.47. The average Bonchev–Trinajstić information content (AvgIpc) is 2.79. The van der Waals surface area contributed by atoms with Crippen LogP contribution in [0.1, 0.15) is 11.3 Å². The van der Waals surface area contributed by atoms with E-state index in [0.29, 0.717) is 18.2 Å². The van der Waals surface area contributed by atoms with Gasteiger partial charge in [-0.1, -0.05) is 16.8 Å². The van der Waals surface area contributed by atoms with Crippen LogP contribution in [-0.4, -0.2) is 31.7 Å². The van der Waals surface area contributed by atoms with Crippen molar-refractivity contribution in [3.05, 3.63) is 34.9 Å². The largest absolute Gasteiger partial charge is 0.394 e. The summed E-state index contributed by atoms with van der Waals surface area (Å²) in [7, 11) is 0. The molecule has 2 aromatic rings. The standard InChI is InChI=1S/C11H14ClN5O/c1-8-4-9(5-14-11(8)12)13-6-10-7-17(2-3-18)16-15-10/h4-5,7,13,18H,2-3,6H2,1H3.